The van der Waals surface area contributed by atoms with E-state index in [2.05, 4.69) is 0 Å². The fourth-order valence-corrected chi connectivity index (χ4v) is 2.75. The van der Waals surface area contributed by atoms with Crippen LogP contribution in [0.3, 0.4) is 0 Å². The lowest BCUT2D eigenvalue weighted by atomic mass is 9.95. The summed E-state index contributed by atoms with van der Waals surface area (Å²) in [5, 5.41) is 0. The number of nitrogens with two attached hydrogens (primary N) is 1. The van der Waals surface area contributed by atoms with Crippen molar-refractivity contribution in [1.82, 2.24) is 0 Å². The van der Waals surface area contributed by atoms with Crippen LogP contribution in [0.5, 0.6) is 0 Å². The third-order valence-corrected chi connectivity index (χ3v) is 3.62. The molecule has 6 heteroatoms. The smallest absolute Gasteiger partial charge is 0.157 e. The van der Waals surface area contributed by atoms with Crippen LogP contribution in [0.2, 0.25) is 0 Å². The monoisotopic (exact) mass is 313 g/mol. The van der Waals surface area contributed by atoms with Crippen molar-refractivity contribution < 1.29 is 14.2 Å². The zero-order valence-corrected chi connectivity index (χ0v) is 12.9. The Morgan fingerprint density at radius 2 is 1.89 bits per heavy atom. The van der Waals surface area contributed by atoms with Crippen LogP contribution in [0, 0.1) is 0 Å². The highest BCUT2D eigenvalue weighted by molar-refractivity contribution is 6.18. The number of rotatable bonds is 10. The number of halogens is 2. The minimum atomic E-state index is -0.426. The third kappa shape index (κ3) is 7.69. The van der Waals surface area contributed by atoms with Crippen LogP contribution in [0.1, 0.15) is 32.1 Å². The normalized spacial score (nSPS) is 20.7. The van der Waals surface area contributed by atoms with Crippen LogP contribution in [0.4, 0.5) is 0 Å². The van der Waals surface area contributed by atoms with Crippen molar-refractivity contribution in [3.05, 3.63) is 0 Å². The summed E-state index contributed by atoms with van der Waals surface area (Å²) in [6.45, 7) is 2.30. The quantitative estimate of drug-likeness (QED) is 0.497. The minimum absolute atomic E-state index is 0.0642. The molecule has 1 heterocycles. The summed E-state index contributed by atoms with van der Waals surface area (Å²) in [6.07, 6.45) is 4.61. The van der Waals surface area contributed by atoms with E-state index in [-0.39, 0.29) is 6.29 Å². The van der Waals surface area contributed by atoms with E-state index in [1.807, 2.05) is 0 Å². The van der Waals surface area contributed by atoms with Gasteiger partial charge in [-0.2, -0.15) is 0 Å². The van der Waals surface area contributed by atoms with E-state index in [4.69, 9.17) is 43.1 Å². The van der Waals surface area contributed by atoms with Gasteiger partial charge in [0, 0.05) is 23.9 Å². The number of alkyl halides is 2. The van der Waals surface area contributed by atoms with E-state index in [1.165, 1.54) is 6.42 Å². The largest absolute Gasteiger partial charge is 0.377 e. The van der Waals surface area contributed by atoms with Crippen molar-refractivity contribution in [3.8, 4) is 0 Å². The Labute approximate surface area is 125 Å². The van der Waals surface area contributed by atoms with E-state index >= 15 is 0 Å². The molecule has 0 aromatic rings. The van der Waals surface area contributed by atoms with Crippen LogP contribution < -0.4 is 5.73 Å². The fourth-order valence-electron chi connectivity index (χ4n) is 2.00. The van der Waals surface area contributed by atoms with Gasteiger partial charge in [-0.3, -0.25) is 0 Å². The molecule has 1 fully saturated rings. The van der Waals surface area contributed by atoms with Gasteiger partial charge in [-0.25, -0.2) is 0 Å². The SMILES string of the molecule is NC(CCCl)(CCCl)COCCOC1CCCCO1. The Hall–Kier alpha value is 0.420. The van der Waals surface area contributed by atoms with Crippen molar-refractivity contribution >= 4 is 23.2 Å². The molecule has 0 radical (unpaired) electrons. The molecule has 1 unspecified atom stereocenters. The molecule has 1 rings (SSSR count). The third-order valence-electron chi connectivity index (χ3n) is 3.24. The first-order valence-corrected chi connectivity index (χ1v) is 7.99. The minimum Gasteiger partial charge on any atom is -0.377 e. The summed E-state index contributed by atoms with van der Waals surface area (Å²) in [4.78, 5) is 0. The first-order chi connectivity index (χ1) is 9.20. The molecule has 2 N–H and O–H groups in total. The number of ether oxygens (including phenoxy) is 3. The van der Waals surface area contributed by atoms with Crippen molar-refractivity contribution in [2.75, 3.05) is 38.2 Å². The van der Waals surface area contributed by atoms with E-state index in [1.54, 1.807) is 0 Å². The Balaban J connectivity index is 2.07. The summed E-state index contributed by atoms with van der Waals surface area (Å²) >= 11 is 11.5. The van der Waals surface area contributed by atoms with Crippen molar-refractivity contribution in [3.63, 3.8) is 0 Å². The first-order valence-electron chi connectivity index (χ1n) is 6.92. The van der Waals surface area contributed by atoms with E-state index in [0.717, 1.165) is 19.4 Å². The molecule has 1 aliphatic rings. The van der Waals surface area contributed by atoms with Crippen molar-refractivity contribution in [2.45, 2.75) is 43.9 Å². The second-order valence-corrected chi connectivity index (χ2v) is 5.72. The van der Waals surface area contributed by atoms with Gasteiger partial charge < -0.3 is 19.9 Å². The fraction of sp³-hybridized carbons (Fsp3) is 1.00. The topological polar surface area (TPSA) is 53.7 Å². The molecule has 0 spiro atoms. The Kier molecular flexibility index (Phi) is 9.37. The van der Waals surface area contributed by atoms with Crippen LogP contribution in [0.15, 0.2) is 0 Å². The zero-order chi connectivity index (χ0) is 14.0. The van der Waals surface area contributed by atoms with E-state index in [0.29, 0.717) is 44.4 Å². The van der Waals surface area contributed by atoms with Gasteiger partial charge in [-0.05, 0) is 32.1 Å². The molecule has 1 atom stereocenters. The molecule has 0 aliphatic carbocycles. The maximum absolute atomic E-state index is 6.18. The highest BCUT2D eigenvalue weighted by atomic mass is 35.5. The molecule has 0 aromatic heterocycles. The zero-order valence-electron chi connectivity index (χ0n) is 11.4. The van der Waals surface area contributed by atoms with Crippen molar-refractivity contribution in [2.24, 2.45) is 5.73 Å². The van der Waals surface area contributed by atoms with Gasteiger partial charge >= 0.3 is 0 Å². The summed E-state index contributed by atoms with van der Waals surface area (Å²) in [5.74, 6) is 1.03. The molecule has 0 bridgehead atoms. The highest BCUT2D eigenvalue weighted by Crippen LogP contribution is 2.15. The summed E-state index contributed by atoms with van der Waals surface area (Å²) in [5.41, 5.74) is 5.76. The lowest BCUT2D eigenvalue weighted by Crippen LogP contribution is -2.45. The molecule has 0 saturated carbocycles. The summed E-state index contributed by atoms with van der Waals surface area (Å²) in [6, 6.07) is 0. The Bertz CT molecular complexity index is 220. The molecule has 19 heavy (non-hydrogen) atoms. The molecule has 1 aliphatic heterocycles. The summed E-state index contributed by atoms with van der Waals surface area (Å²) < 4.78 is 16.6. The van der Waals surface area contributed by atoms with Gasteiger partial charge in [0.2, 0.25) is 0 Å². The van der Waals surface area contributed by atoms with Crippen LogP contribution in [-0.4, -0.2) is 50.0 Å². The van der Waals surface area contributed by atoms with Crippen LogP contribution >= 0.6 is 23.2 Å². The van der Waals surface area contributed by atoms with Crippen LogP contribution in [-0.2, 0) is 14.2 Å². The maximum Gasteiger partial charge on any atom is 0.157 e. The lowest BCUT2D eigenvalue weighted by Gasteiger charge is -2.28. The number of hydrogen-bond acceptors (Lipinski definition) is 4. The second-order valence-electron chi connectivity index (χ2n) is 4.96. The molecular formula is C13H25Cl2NO3. The van der Waals surface area contributed by atoms with Crippen LogP contribution in [0.25, 0.3) is 0 Å². The maximum atomic E-state index is 6.18. The summed E-state index contributed by atoms with van der Waals surface area (Å²) in [7, 11) is 0. The van der Waals surface area contributed by atoms with Gasteiger partial charge in [0.15, 0.2) is 6.29 Å². The molecule has 1 saturated heterocycles. The van der Waals surface area contributed by atoms with Gasteiger partial charge in [0.05, 0.1) is 19.8 Å². The lowest BCUT2D eigenvalue weighted by molar-refractivity contribution is -0.169. The van der Waals surface area contributed by atoms with Crippen molar-refractivity contribution in [1.29, 1.82) is 0 Å². The molecule has 114 valence electrons. The van der Waals surface area contributed by atoms with Gasteiger partial charge in [0.1, 0.15) is 0 Å². The van der Waals surface area contributed by atoms with Gasteiger partial charge in [-0.15, -0.1) is 23.2 Å². The molecule has 4 nitrogen and oxygen atoms in total. The number of hydrogen-bond donors (Lipinski definition) is 1. The highest BCUT2D eigenvalue weighted by Gasteiger charge is 2.24. The van der Waals surface area contributed by atoms with Gasteiger partial charge in [0.25, 0.3) is 0 Å². The Morgan fingerprint density at radius 1 is 1.16 bits per heavy atom. The first kappa shape index (κ1) is 17.5. The standard InChI is InChI=1S/C13H25Cl2NO3/c14-6-4-13(16,5-7-15)11-17-9-10-19-12-3-1-2-8-18-12/h12H,1-11,16H2. The average Bonchev–Trinajstić information content (AvgIpc) is 2.40. The predicted octanol–water partition coefficient (Wildman–Crippen LogP) is 2.50. The van der Waals surface area contributed by atoms with Gasteiger partial charge in [-0.1, -0.05) is 0 Å². The Morgan fingerprint density at radius 3 is 2.47 bits per heavy atom. The predicted molar refractivity (Wildman–Crippen MR) is 78.0 cm³/mol. The molecule has 0 amide bonds. The second kappa shape index (κ2) is 10.2. The molecule has 0 aromatic carbocycles. The molecular weight excluding hydrogens is 289 g/mol. The van der Waals surface area contributed by atoms with E-state index in [9.17, 15) is 0 Å². The van der Waals surface area contributed by atoms with E-state index < -0.39 is 5.54 Å². The average molecular weight is 314 g/mol.